The van der Waals surface area contributed by atoms with Crippen molar-refractivity contribution >= 4 is 17.3 Å². The highest BCUT2D eigenvalue weighted by molar-refractivity contribution is 5.94. The predicted molar refractivity (Wildman–Crippen MR) is 79.6 cm³/mol. The van der Waals surface area contributed by atoms with E-state index in [-0.39, 0.29) is 22.2 Å². The van der Waals surface area contributed by atoms with Crippen LogP contribution in [0.15, 0.2) is 18.2 Å². The van der Waals surface area contributed by atoms with Crippen molar-refractivity contribution in [3.63, 3.8) is 0 Å². The molecule has 0 fully saturated rings. The van der Waals surface area contributed by atoms with E-state index in [0.29, 0.717) is 0 Å². The Morgan fingerprint density at radius 1 is 1.26 bits per heavy atom. The minimum Gasteiger partial charge on any atom is -0.478 e. The number of nitrogens with two attached hydrogens (primary N) is 1. The van der Waals surface area contributed by atoms with Crippen molar-refractivity contribution in [2.24, 2.45) is 5.41 Å². The highest BCUT2D eigenvalue weighted by Gasteiger charge is 2.25. The minimum atomic E-state index is -1.00. The second-order valence-corrected chi connectivity index (χ2v) is 6.85. The zero-order chi connectivity index (χ0) is 14.8. The van der Waals surface area contributed by atoms with Crippen molar-refractivity contribution in [2.45, 2.75) is 46.6 Å². The van der Waals surface area contributed by atoms with Gasteiger partial charge in [-0.15, -0.1) is 0 Å². The van der Waals surface area contributed by atoms with Crippen LogP contribution in [0.3, 0.4) is 0 Å². The first kappa shape index (κ1) is 15.3. The molecule has 0 amide bonds. The molecule has 4 heteroatoms. The molecule has 4 nitrogen and oxygen atoms in total. The van der Waals surface area contributed by atoms with Crippen molar-refractivity contribution in [1.82, 2.24) is 0 Å². The summed E-state index contributed by atoms with van der Waals surface area (Å²) < 4.78 is 0. The fraction of sp³-hybridized carbons (Fsp3) is 0.533. The van der Waals surface area contributed by atoms with E-state index < -0.39 is 5.97 Å². The van der Waals surface area contributed by atoms with E-state index in [4.69, 9.17) is 10.8 Å². The molecule has 0 aliphatic rings. The summed E-state index contributed by atoms with van der Waals surface area (Å²) >= 11 is 0. The molecule has 0 saturated heterocycles. The summed E-state index contributed by atoms with van der Waals surface area (Å²) in [6.45, 7) is 10.8. The fourth-order valence-corrected chi connectivity index (χ4v) is 2.58. The van der Waals surface area contributed by atoms with Crippen LogP contribution in [0.25, 0.3) is 0 Å². The molecule has 0 aromatic heterocycles. The zero-order valence-corrected chi connectivity index (χ0v) is 12.4. The van der Waals surface area contributed by atoms with Crippen LogP contribution in [-0.4, -0.2) is 16.6 Å². The topological polar surface area (TPSA) is 75.3 Å². The summed E-state index contributed by atoms with van der Waals surface area (Å²) in [4.78, 5) is 11.1. The van der Waals surface area contributed by atoms with Gasteiger partial charge in [-0.1, -0.05) is 20.8 Å². The van der Waals surface area contributed by atoms with Crippen molar-refractivity contribution in [1.29, 1.82) is 0 Å². The number of hydrogen-bond acceptors (Lipinski definition) is 3. The number of nitrogens with one attached hydrogen (secondary N) is 1. The van der Waals surface area contributed by atoms with Gasteiger partial charge in [0.15, 0.2) is 0 Å². The molecule has 0 atom stereocenters. The number of hydrogen-bond donors (Lipinski definition) is 3. The summed E-state index contributed by atoms with van der Waals surface area (Å²) in [5.74, 6) is -1.00. The van der Waals surface area contributed by atoms with Gasteiger partial charge in [-0.3, -0.25) is 0 Å². The van der Waals surface area contributed by atoms with Crippen LogP contribution in [0.1, 0.15) is 51.4 Å². The first-order valence-corrected chi connectivity index (χ1v) is 6.41. The largest absolute Gasteiger partial charge is 0.478 e. The molecule has 0 bridgehead atoms. The van der Waals surface area contributed by atoms with E-state index in [9.17, 15) is 4.79 Å². The molecule has 1 aromatic carbocycles. The van der Waals surface area contributed by atoms with Crippen molar-refractivity contribution in [3.8, 4) is 0 Å². The van der Waals surface area contributed by atoms with Gasteiger partial charge in [-0.2, -0.15) is 0 Å². The summed E-state index contributed by atoms with van der Waals surface area (Å²) in [5.41, 5.74) is 6.92. The Kier molecular flexibility index (Phi) is 4.13. The number of carboxylic acids is 1. The number of nitrogen functional groups attached to an aromatic ring is 1. The first-order valence-electron chi connectivity index (χ1n) is 6.41. The molecule has 0 radical (unpaired) electrons. The van der Waals surface area contributed by atoms with E-state index >= 15 is 0 Å². The number of anilines is 2. The molecule has 0 saturated carbocycles. The van der Waals surface area contributed by atoms with Crippen LogP contribution >= 0.6 is 0 Å². The summed E-state index contributed by atoms with van der Waals surface area (Å²) in [6.07, 6.45) is 0.965. The number of rotatable bonds is 4. The van der Waals surface area contributed by atoms with E-state index in [1.165, 1.54) is 0 Å². The highest BCUT2D eigenvalue weighted by Crippen LogP contribution is 2.30. The Morgan fingerprint density at radius 3 is 2.32 bits per heavy atom. The van der Waals surface area contributed by atoms with Gasteiger partial charge in [0.2, 0.25) is 0 Å². The maximum atomic E-state index is 11.1. The quantitative estimate of drug-likeness (QED) is 0.726. The normalized spacial score (nSPS) is 12.3. The molecular formula is C15H24N2O2. The standard InChI is InChI=1S/C15H24N2O2/c1-14(2,3)9-15(4,5)17-10-6-7-12(16)11(8-10)13(18)19/h6-8,17H,9,16H2,1-5H3,(H,18,19). The molecule has 0 aliphatic carbocycles. The van der Waals surface area contributed by atoms with Gasteiger partial charge in [0, 0.05) is 16.9 Å². The molecule has 0 heterocycles. The average Bonchev–Trinajstić information content (AvgIpc) is 2.16. The predicted octanol–water partition coefficient (Wildman–Crippen LogP) is 3.59. The lowest BCUT2D eigenvalue weighted by atomic mass is 9.81. The van der Waals surface area contributed by atoms with Crippen molar-refractivity contribution < 1.29 is 9.90 Å². The molecule has 0 spiro atoms. The van der Waals surface area contributed by atoms with Gasteiger partial charge in [-0.25, -0.2) is 4.79 Å². The summed E-state index contributed by atoms with van der Waals surface area (Å²) in [7, 11) is 0. The van der Waals surface area contributed by atoms with Gasteiger partial charge in [-0.05, 0) is 43.9 Å². The number of benzene rings is 1. The number of aromatic carboxylic acids is 1. The van der Waals surface area contributed by atoms with Gasteiger partial charge in [0.05, 0.1) is 5.56 Å². The second kappa shape index (κ2) is 5.11. The van der Waals surface area contributed by atoms with E-state index in [0.717, 1.165) is 12.1 Å². The Morgan fingerprint density at radius 2 is 1.84 bits per heavy atom. The lowest BCUT2D eigenvalue weighted by Gasteiger charge is -2.34. The maximum Gasteiger partial charge on any atom is 0.337 e. The zero-order valence-electron chi connectivity index (χ0n) is 12.4. The summed E-state index contributed by atoms with van der Waals surface area (Å²) in [5, 5.41) is 12.4. The van der Waals surface area contributed by atoms with Crippen LogP contribution in [0.4, 0.5) is 11.4 Å². The minimum absolute atomic E-state index is 0.121. The second-order valence-electron chi connectivity index (χ2n) is 6.85. The molecule has 4 N–H and O–H groups in total. The third-order valence-electron chi connectivity index (χ3n) is 2.74. The SMILES string of the molecule is CC(C)(C)CC(C)(C)Nc1ccc(N)c(C(=O)O)c1. The maximum absolute atomic E-state index is 11.1. The van der Waals surface area contributed by atoms with E-state index in [1.807, 2.05) is 6.07 Å². The number of carboxylic acid groups (broad SMARTS) is 1. The molecule has 0 unspecified atom stereocenters. The van der Waals surface area contributed by atoms with Crippen LogP contribution in [0, 0.1) is 5.41 Å². The molecular weight excluding hydrogens is 240 g/mol. The van der Waals surface area contributed by atoms with Crippen LogP contribution in [0.2, 0.25) is 0 Å². The highest BCUT2D eigenvalue weighted by atomic mass is 16.4. The van der Waals surface area contributed by atoms with Crippen LogP contribution in [0.5, 0.6) is 0 Å². The Labute approximate surface area is 115 Å². The van der Waals surface area contributed by atoms with Gasteiger partial charge in [0.25, 0.3) is 0 Å². The van der Waals surface area contributed by atoms with Crippen LogP contribution in [-0.2, 0) is 0 Å². The molecule has 19 heavy (non-hydrogen) atoms. The molecule has 1 aromatic rings. The smallest absolute Gasteiger partial charge is 0.337 e. The van der Waals surface area contributed by atoms with Gasteiger partial charge < -0.3 is 16.2 Å². The third kappa shape index (κ3) is 4.81. The first-order chi connectivity index (χ1) is 8.50. The molecule has 106 valence electrons. The average molecular weight is 264 g/mol. The Balaban J connectivity index is 2.94. The monoisotopic (exact) mass is 264 g/mol. The van der Waals surface area contributed by atoms with Crippen molar-refractivity contribution in [3.05, 3.63) is 23.8 Å². The van der Waals surface area contributed by atoms with E-state index in [1.54, 1.807) is 12.1 Å². The van der Waals surface area contributed by atoms with Crippen molar-refractivity contribution in [2.75, 3.05) is 11.1 Å². The lowest BCUT2D eigenvalue weighted by Crippen LogP contribution is -2.35. The van der Waals surface area contributed by atoms with E-state index in [2.05, 4.69) is 39.9 Å². The molecule has 1 rings (SSSR count). The Hall–Kier alpha value is -1.71. The van der Waals surface area contributed by atoms with Gasteiger partial charge >= 0.3 is 5.97 Å². The fourth-order valence-electron chi connectivity index (χ4n) is 2.58. The van der Waals surface area contributed by atoms with Crippen LogP contribution < -0.4 is 11.1 Å². The molecule has 0 aliphatic heterocycles. The Bertz CT molecular complexity index is 474. The number of carbonyl (C=O) groups is 1. The third-order valence-corrected chi connectivity index (χ3v) is 2.74. The summed E-state index contributed by atoms with van der Waals surface area (Å²) in [6, 6.07) is 5.02. The van der Waals surface area contributed by atoms with Gasteiger partial charge in [0.1, 0.15) is 0 Å². The lowest BCUT2D eigenvalue weighted by molar-refractivity contribution is 0.0698.